The molecule has 2 aromatic carbocycles. The van der Waals surface area contributed by atoms with E-state index in [-0.39, 0.29) is 16.8 Å². The van der Waals surface area contributed by atoms with E-state index in [1.54, 1.807) is 48.5 Å². The number of rotatable bonds is 7. The Balaban J connectivity index is 1.42. The van der Waals surface area contributed by atoms with Gasteiger partial charge in [-0.2, -0.15) is 5.01 Å². The number of carbonyl (C=O) groups is 3. The smallest absolute Gasteiger partial charge is 0.285 e. The molecule has 2 aliphatic heterocycles. The van der Waals surface area contributed by atoms with Gasteiger partial charge < -0.3 is 14.4 Å². The Labute approximate surface area is 223 Å². The van der Waals surface area contributed by atoms with Crippen LogP contribution in [0.5, 0.6) is 11.5 Å². The van der Waals surface area contributed by atoms with Crippen molar-refractivity contribution in [3.63, 3.8) is 0 Å². The van der Waals surface area contributed by atoms with E-state index in [1.165, 1.54) is 7.11 Å². The number of hydrogen-bond donors (Lipinski definition) is 1. The number of carbonyl (C=O) groups excluding carboxylic acids is 3. The molecule has 188 valence electrons. The first-order chi connectivity index (χ1) is 17.4. The average molecular weight is 546 g/mol. The molecule has 2 saturated heterocycles. The van der Waals surface area contributed by atoms with Crippen LogP contribution in [-0.4, -0.2) is 58.8 Å². The molecule has 11 heteroatoms. The fraction of sp³-hybridized carbons (Fsp3) is 0.280. The molecule has 0 unspecified atom stereocenters. The molecular weight excluding hydrogens is 522 g/mol. The van der Waals surface area contributed by atoms with Gasteiger partial charge in [-0.25, -0.2) is 0 Å². The lowest BCUT2D eigenvalue weighted by Gasteiger charge is -2.26. The first kappa shape index (κ1) is 26.0. The van der Waals surface area contributed by atoms with Crippen molar-refractivity contribution in [1.82, 2.24) is 15.3 Å². The van der Waals surface area contributed by atoms with Crippen LogP contribution in [0.15, 0.2) is 47.4 Å². The summed E-state index contributed by atoms with van der Waals surface area (Å²) in [6.07, 6.45) is 4.83. The molecule has 2 aromatic rings. The molecule has 3 amide bonds. The van der Waals surface area contributed by atoms with Gasteiger partial charge in [-0.1, -0.05) is 29.4 Å². The third-order valence-electron chi connectivity index (χ3n) is 5.66. The summed E-state index contributed by atoms with van der Waals surface area (Å²) in [6.45, 7) is 1.45. The van der Waals surface area contributed by atoms with Crippen LogP contribution in [0, 0.1) is 0 Å². The molecule has 0 aliphatic carbocycles. The van der Waals surface area contributed by atoms with Crippen LogP contribution in [0.2, 0.25) is 5.02 Å². The van der Waals surface area contributed by atoms with Crippen LogP contribution in [-0.2, 0) is 9.59 Å². The van der Waals surface area contributed by atoms with E-state index in [9.17, 15) is 14.4 Å². The maximum Gasteiger partial charge on any atom is 0.285 e. The molecule has 4 rings (SSSR count). The van der Waals surface area contributed by atoms with Gasteiger partial charge in [0.05, 0.1) is 12.0 Å². The Morgan fingerprint density at radius 1 is 1.11 bits per heavy atom. The van der Waals surface area contributed by atoms with E-state index in [4.69, 9.17) is 33.3 Å². The van der Waals surface area contributed by atoms with Gasteiger partial charge in [0.25, 0.3) is 17.7 Å². The fourth-order valence-corrected chi connectivity index (χ4v) is 5.06. The maximum absolute atomic E-state index is 12.9. The monoisotopic (exact) mass is 545 g/mol. The highest BCUT2D eigenvalue weighted by Crippen LogP contribution is 2.34. The quantitative estimate of drug-likeness (QED) is 0.410. The molecule has 0 spiro atoms. The highest BCUT2D eigenvalue weighted by molar-refractivity contribution is 8.26. The minimum atomic E-state index is -0.480. The van der Waals surface area contributed by atoms with E-state index in [0.29, 0.717) is 32.6 Å². The number of nitrogens with zero attached hydrogens (tertiary/aromatic N) is 2. The first-order valence-corrected chi connectivity index (χ1v) is 12.9. The number of likely N-dealkylation sites (tertiary alicyclic amines) is 1. The molecule has 8 nitrogen and oxygen atoms in total. The summed E-state index contributed by atoms with van der Waals surface area (Å²) in [5.74, 6) is -0.111. The number of benzene rings is 2. The van der Waals surface area contributed by atoms with Gasteiger partial charge in [-0.15, -0.1) is 0 Å². The second-order valence-corrected chi connectivity index (χ2v) is 10.2. The zero-order valence-corrected chi connectivity index (χ0v) is 21.9. The Morgan fingerprint density at radius 3 is 2.53 bits per heavy atom. The zero-order valence-electron chi connectivity index (χ0n) is 19.5. The molecule has 0 bridgehead atoms. The van der Waals surface area contributed by atoms with E-state index < -0.39 is 11.8 Å². The molecule has 0 atom stereocenters. The molecule has 2 fully saturated rings. The Bertz CT molecular complexity index is 1210. The van der Waals surface area contributed by atoms with Gasteiger partial charge >= 0.3 is 0 Å². The van der Waals surface area contributed by atoms with Crippen molar-refractivity contribution >= 4 is 63.7 Å². The number of halogens is 1. The Kier molecular flexibility index (Phi) is 8.50. The third kappa shape index (κ3) is 6.18. The van der Waals surface area contributed by atoms with Crippen LogP contribution in [0.3, 0.4) is 0 Å². The number of thiocarbonyl (C=S) groups is 1. The molecule has 2 aliphatic rings. The molecule has 0 radical (unpaired) electrons. The van der Waals surface area contributed by atoms with E-state index >= 15 is 0 Å². The van der Waals surface area contributed by atoms with Crippen molar-refractivity contribution in [2.24, 2.45) is 0 Å². The summed E-state index contributed by atoms with van der Waals surface area (Å²) >= 11 is 12.2. The first-order valence-electron chi connectivity index (χ1n) is 11.3. The van der Waals surface area contributed by atoms with Crippen LogP contribution in [0.4, 0.5) is 0 Å². The van der Waals surface area contributed by atoms with Crippen molar-refractivity contribution in [1.29, 1.82) is 0 Å². The predicted molar refractivity (Wildman–Crippen MR) is 143 cm³/mol. The predicted octanol–water partition coefficient (Wildman–Crippen LogP) is 4.29. The van der Waals surface area contributed by atoms with Gasteiger partial charge in [-0.05, 0) is 79.5 Å². The number of nitrogens with one attached hydrogen (secondary N) is 1. The lowest BCUT2D eigenvalue weighted by Crippen LogP contribution is -2.44. The second kappa shape index (κ2) is 11.8. The van der Waals surface area contributed by atoms with E-state index in [2.05, 4.69) is 5.43 Å². The summed E-state index contributed by atoms with van der Waals surface area (Å²) in [6, 6.07) is 11.4. The summed E-state index contributed by atoms with van der Waals surface area (Å²) in [5.41, 5.74) is 3.55. The summed E-state index contributed by atoms with van der Waals surface area (Å²) in [7, 11) is 1.50. The molecular formula is C25H24ClN3O5S2. The van der Waals surface area contributed by atoms with Crippen LogP contribution < -0.4 is 14.9 Å². The highest BCUT2D eigenvalue weighted by atomic mass is 35.5. The van der Waals surface area contributed by atoms with Crippen molar-refractivity contribution < 1.29 is 23.9 Å². The lowest BCUT2D eigenvalue weighted by atomic mass is 10.1. The summed E-state index contributed by atoms with van der Waals surface area (Å²) < 4.78 is 11.4. The van der Waals surface area contributed by atoms with Crippen molar-refractivity contribution in [3.05, 3.63) is 63.5 Å². The Morgan fingerprint density at radius 2 is 1.83 bits per heavy atom. The van der Waals surface area contributed by atoms with Crippen molar-refractivity contribution in [3.8, 4) is 11.5 Å². The van der Waals surface area contributed by atoms with E-state index in [1.807, 2.05) is 4.90 Å². The van der Waals surface area contributed by atoms with Gasteiger partial charge in [0.1, 0.15) is 0 Å². The standard InChI is InChI=1S/C25H24ClN3O5S2/c1-33-20-13-16(5-10-19(20)34-15-22(30)28-11-3-2-4-12-28)14-21-24(32)29(25(35)36-21)27-23(31)17-6-8-18(26)9-7-17/h5-10,13-14H,2-4,11-12,15H2,1H3,(H,27,31)/b21-14+. The number of ether oxygens (including phenoxy) is 2. The Hall–Kier alpha value is -3.08. The SMILES string of the molecule is COc1cc(/C=C2/SC(=S)N(NC(=O)c3ccc(Cl)cc3)C2=O)ccc1OCC(=O)N1CCCCC1. The van der Waals surface area contributed by atoms with Gasteiger partial charge in [0.15, 0.2) is 22.4 Å². The van der Waals surface area contributed by atoms with Gasteiger partial charge in [0, 0.05) is 23.7 Å². The third-order valence-corrected chi connectivity index (χ3v) is 7.21. The average Bonchev–Trinajstić information content (AvgIpc) is 3.15. The largest absolute Gasteiger partial charge is 0.493 e. The normalized spacial score (nSPS) is 16.9. The fourth-order valence-electron chi connectivity index (χ4n) is 3.75. The lowest BCUT2D eigenvalue weighted by molar-refractivity contribution is -0.134. The molecule has 0 saturated carbocycles. The minimum Gasteiger partial charge on any atom is -0.493 e. The molecule has 1 N–H and O–H groups in total. The molecule has 36 heavy (non-hydrogen) atoms. The number of methoxy groups -OCH3 is 1. The molecule has 0 aromatic heterocycles. The number of piperidine rings is 1. The second-order valence-electron chi connectivity index (χ2n) is 8.11. The highest BCUT2D eigenvalue weighted by Gasteiger charge is 2.34. The van der Waals surface area contributed by atoms with Crippen molar-refractivity contribution in [2.45, 2.75) is 19.3 Å². The van der Waals surface area contributed by atoms with Crippen LogP contribution in [0.25, 0.3) is 6.08 Å². The number of thioether (sulfide) groups is 1. The van der Waals surface area contributed by atoms with Crippen LogP contribution in [0.1, 0.15) is 35.2 Å². The molecule has 2 heterocycles. The van der Waals surface area contributed by atoms with Gasteiger partial charge in [0.2, 0.25) is 0 Å². The topological polar surface area (TPSA) is 88.2 Å². The number of amides is 3. The number of hydrogen-bond acceptors (Lipinski definition) is 7. The van der Waals surface area contributed by atoms with Gasteiger partial charge in [-0.3, -0.25) is 19.8 Å². The van der Waals surface area contributed by atoms with E-state index in [0.717, 1.165) is 49.1 Å². The van der Waals surface area contributed by atoms with Crippen molar-refractivity contribution in [2.75, 3.05) is 26.8 Å². The summed E-state index contributed by atoms with van der Waals surface area (Å²) in [4.78, 5) is 40.0. The minimum absolute atomic E-state index is 0.0508. The number of hydrazine groups is 1. The zero-order chi connectivity index (χ0) is 25.7. The summed E-state index contributed by atoms with van der Waals surface area (Å²) in [5, 5.41) is 1.55. The van der Waals surface area contributed by atoms with Crippen LogP contribution >= 0.6 is 35.6 Å². The maximum atomic E-state index is 12.9.